The molecule has 0 unspecified atom stereocenters. The van der Waals surface area contributed by atoms with Gasteiger partial charge in [-0.15, -0.1) is 0 Å². The van der Waals surface area contributed by atoms with E-state index in [0.717, 1.165) is 16.7 Å². The van der Waals surface area contributed by atoms with E-state index in [1.807, 2.05) is 0 Å². The van der Waals surface area contributed by atoms with E-state index >= 15 is 0 Å². The first-order valence-electron chi connectivity index (χ1n) is 6.06. The molecule has 1 aliphatic rings. The molecule has 0 aromatic rings. The lowest BCUT2D eigenvalue weighted by molar-refractivity contribution is -0.147. The summed E-state index contributed by atoms with van der Waals surface area (Å²) in [6.45, 7) is 4.83. The molecule has 0 aromatic heterocycles. The Morgan fingerprint density at radius 3 is 2.81 bits per heavy atom. The highest BCUT2D eigenvalue weighted by molar-refractivity contribution is 8.04. The Hall–Kier alpha value is -2.27. The van der Waals surface area contributed by atoms with Crippen LogP contribution in [0.2, 0.25) is 0 Å². The predicted octanol–water partition coefficient (Wildman–Crippen LogP) is 0.589. The number of ether oxygens (including phenoxy) is 2. The first kappa shape index (κ1) is 16.8. The van der Waals surface area contributed by atoms with Crippen LogP contribution >= 0.6 is 11.8 Å². The van der Waals surface area contributed by atoms with Gasteiger partial charge in [0.1, 0.15) is 24.2 Å². The molecule has 0 radical (unpaired) electrons. The highest BCUT2D eigenvalue weighted by Crippen LogP contribution is 2.31. The maximum atomic E-state index is 11.8. The number of hydrogen-bond acceptors (Lipinski definition) is 7. The fraction of sp³-hybridized carbons (Fsp3) is 0.385. The van der Waals surface area contributed by atoms with Crippen LogP contribution in [0.5, 0.6) is 0 Å². The summed E-state index contributed by atoms with van der Waals surface area (Å²) in [7, 11) is 0. The van der Waals surface area contributed by atoms with Crippen LogP contribution in [0, 0.1) is 11.3 Å². The number of thioether (sulfide) groups is 1. The minimum Gasteiger partial charge on any atom is -0.465 e. The Morgan fingerprint density at radius 1 is 1.52 bits per heavy atom. The SMILES string of the molecule is C=CCOC(=O)/C(C#N)=C1/SCC(=O)N1CC(=O)OCC. The zero-order valence-corrected chi connectivity index (χ0v) is 12.3. The smallest absolute Gasteiger partial charge is 0.351 e. The molecule has 0 aliphatic carbocycles. The standard InChI is InChI=1S/C13H14N2O5S/c1-3-5-20-13(18)9(6-14)12-15(10(16)8-21-12)7-11(17)19-4-2/h3H,1,4-5,7-8H2,2H3/b12-9+. The van der Waals surface area contributed by atoms with Crippen LogP contribution in [-0.4, -0.2) is 48.3 Å². The van der Waals surface area contributed by atoms with E-state index in [1.165, 1.54) is 6.08 Å². The quantitative estimate of drug-likeness (QED) is 0.306. The van der Waals surface area contributed by atoms with Crippen LogP contribution in [0.15, 0.2) is 23.3 Å². The largest absolute Gasteiger partial charge is 0.465 e. The van der Waals surface area contributed by atoms with Gasteiger partial charge in [-0.25, -0.2) is 4.79 Å². The van der Waals surface area contributed by atoms with Crippen molar-refractivity contribution in [2.75, 3.05) is 25.5 Å². The first-order chi connectivity index (χ1) is 10.0. The Labute approximate surface area is 126 Å². The Morgan fingerprint density at radius 2 is 2.24 bits per heavy atom. The minimum absolute atomic E-state index is 0.0478. The van der Waals surface area contributed by atoms with Gasteiger partial charge in [0.15, 0.2) is 5.57 Å². The van der Waals surface area contributed by atoms with Gasteiger partial charge < -0.3 is 9.47 Å². The van der Waals surface area contributed by atoms with Gasteiger partial charge in [-0.05, 0) is 6.92 Å². The highest BCUT2D eigenvalue weighted by Gasteiger charge is 2.34. The number of nitriles is 1. The number of hydrogen-bond donors (Lipinski definition) is 0. The van der Waals surface area contributed by atoms with Gasteiger partial charge in [-0.2, -0.15) is 5.26 Å². The van der Waals surface area contributed by atoms with Crippen LogP contribution in [0.1, 0.15) is 6.92 Å². The van der Waals surface area contributed by atoms with Gasteiger partial charge in [0.2, 0.25) is 5.91 Å². The van der Waals surface area contributed by atoms with Crippen molar-refractivity contribution in [3.8, 4) is 6.07 Å². The first-order valence-corrected chi connectivity index (χ1v) is 7.04. The van der Waals surface area contributed by atoms with Gasteiger partial charge in [-0.1, -0.05) is 24.4 Å². The van der Waals surface area contributed by atoms with Crippen molar-refractivity contribution in [2.45, 2.75) is 6.92 Å². The molecule has 0 atom stereocenters. The second kappa shape index (κ2) is 8.11. The molecule has 1 heterocycles. The minimum atomic E-state index is -0.858. The van der Waals surface area contributed by atoms with Crippen molar-refractivity contribution in [1.82, 2.24) is 4.90 Å². The summed E-state index contributed by atoms with van der Waals surface area (Å²) in [5.41, 5.74) is -0.308. The third kappa shape index (κ3) is 4.36. The maximum absolute atomic E-state index is 11.8. The normalized spacial score (nSPS) is 16.2. The van der Waals surface area contributed by atoms with Crippen LogP contribution in [0.4, 0.5) is 0 Å². The van der Waals surface area contributed by atoms with E-state index in [4.69, 9.17) is 14.7 Å². The molecule has 1 saturated heterocycles. The Bertz CT molecular complexity index is 535. The van der Waals surface area contributed by atoms with Crippen molar-refractivity contribution >= 4 is 29.6 Å². The molecule has 8 heteroatoms. The maximum Gasteiger partial charge on any atom is 0.351 e. The zero-order chi connectivity index (χ0) is 15.8. The van der Waals surface area contributed by atoms with Gasteiger partial charge >= 0.3 is 11.9 Å². The van der Waals surface area contributed by atoms with Gasteiger partial charge in [0.05, 0.1) is 12.4 Å². The molecule has 0 aromatic carbocycles. The number of nitrogens with zero attached hydrogens (tertiary/aromatic N) is 2. The summed E-state index contributed by atoms with van der Waals surface area (Å²) in [6.07, 6.45) is 1.36. The molecular weight excluding hydrogens is 296 g/mol. The lowest BCUT2D eigenvalue weighted by atomic mass is 10.3. The molecule has 1 amide bonds. The Kier molecular flexibility index (Phi) is 6.49. The number of carbonyl (C=O) groups is 3. The van der Waals surface area contributed by atoms with Crippen molar-refractivity contribution in [1.29, 1.82) is 5.26 Å². The number of amides is 1. The highest BCUT2D eigenvalue weighted by atomic mass is 32.2. The molecule has 1 aliphatic heterocycles. The Balaban J connectivity index is 2.99. The average Bonchev–Trinajstić information content (AvgIpc) is 2.79. The van der Waals surface area contributed by atoms with E-state index < -0.39 is 11.9 Å². The topological polar surface area (TPSA) is 96.7 Å². The predicted molar refractivity (Wildman–Crippen MR) is 74.6 cm³/mol. The number of carbonyl (C=O) groups excluding carboxylic acids is 3. The fourth-order valence-electron chi connectivity index (χ4n) is 1.49. The molecule has 1 fully saturated rings. The second-order valence-electron chi connectivity index (χ2n) is 3.75. The molecule has 1 rings (SSSR count). The third-order valence-electron chi connectivity index (χ3n) is 2.33. The van der Waals surface area contributed by atoms with E-state index in [9.17, 15) is 14.4 Å². The molecule has 0 N–H and O–H groups in total. The summed E-state index contributed by atoms with van der Waals surface area (Å²) in [4.78, 5) is 36.1. The van der Waals surface area contributed by atoms with E-state index in [2.05, 4.69) is 6.58 Å². The number of rotatable bonds is 6. The lowest BCUT2D eigenvalue weighted by Gasteiger charge is -2.16. The fourth-order valence-corrected chi connectivity index (χ4v) is 2.50. The third-order valence-corrected chi connectivity index (χ3v) is 3.42. The lowest BCUT2D eigenvalue weighted by Crippen LogP contribution is -2.32. The molecule has 7 nitrogen and oxygen atoms in total. The van der Waals surface area contributed by atoms with Crippen LogP contribution < -0.4 is 0 Å². The van der Waals surface area contributed by atoms with Gasteiger partial charge in [-0.3, -0.25) is 14.5 Å². The summed E-state index contributed by atoms with van der Waals surface area (Å²) in [5, 5.41) is 9.21. The van der Waals surface area contributed by atoms with Crippen LogP contribution in [0.3, 0.4) is 0 Å². The summed E-state index contributed by atoms with van der Waals surface area (Å²) in [6, 6.07) is 1.71. The van der Waals surface area contributed by atoms with E-state index in [0.29, 0.717) is 0 Å². The van der Waals surface area contributed by atoms with Crippen molar-refractivity contribution in [3.05, 3.63) is 23.3 Å². The van der Waals surface area contributed by atoms with Crippen LogP contribution in [0.25, 0.3) is 0 Å². The molecule has 0 saturated carbocycles. The van der Waals surface area contributed by atoms with E-state index in [-0.39, 0.29) is 42.0 Å². The van der Waals surface area contributed by atoms with Gasteiger partial charge in [0, 0.05) is 0 Å². The molecular formula is C13H14N2O5S. The summed E-state index contributed by atoms with van der Waals surface area (Å²) < 4.78 is 9.55. The summed E-state index contributed by atoms with van der Waals surface area (Å²) >= 11 is 1.01. The molecule has 112 valence electrons. The average molecular weight is 310 g/mol. The molecule has 0 bridgehead atoms. The second-order valence-corrected chi connectivity index (χ2v) is 4.72. The van der Waals surface area contributed by atoms with Crippen LogP contribution in [-0.2, 0) is 23.9 Å². The monoisotopic (exact) mass is 310 g/mol. The van der Waals surface area contributed by atoms with Crippen molar-refractivity contribution < 1.29 is 23.9 Å². The van der Waals surface area contributed by atoms with Crippen molar-refractivity contribution in [3.63, 3.8) is 0 Å². The van der Waals surface area contributed by atoms with Crippen molar-refractivity contribution in [2.24, 2.45) is 0 Å². The summed E-state index contributed by atoms with van der Waals surface area (Å²) in [5.74, 6) is -1.78. The van der Waals surface area contributed by atoms with E-state index in [1.54, 1.807) is 13.0 Å². The number of esters is 2. The zero-order valence-electron chi connectivity index (χ0n) is 11.5. The van der Waals surface area contributed by atoms with Gasteiger partial charge in [0.25, 0.3) is 0 Å². The molecule has 0 spiro atoms. The molecule has 21 heavy (non-hydrogen) atoms.